The van der Waals surface area contributed by atoms with E-state index in [-0.39, 0.29) is 0 Å². The molecule has 0 radical (unpaired) electrons. The van der Waals surface area contributed by atoms with Crippen LogP contribution in [0.25, 0.3) is 0 Å². The molecule has 1 fully saturated rings. The van der Waals surface area contributed by atoms with E-state index in [4.69, 9.17) is 0 Å². The fourth-order valence-electron chi connectivity index (χ4n) is 2.37. The molecule has 0 amide bonds. The fourth-order valence-corrected chi connectivity index (χ4v) is 2.37. The monoisotopic (exact) mass is 169 g/mol. The Balaban J connectivity index is 2.30. The summed E-state index contributed by atoms with van der Waals surface area (Å²) in [4.78, 5) is 0. The van der Waals surface area contributed by atoms with Gasteiger partial charge in [-0.2, -0.15) is 0 Å². The number of hydrogen-bond donors (Lipinski definition) is 1. The average molecular weight is 169 g/mol. The predicted molar refractivity (Wildman–Crippen MR) is 54.3 cm³/mol. The van der Waals surface area contributed by atoms with Crippen molar-refractivity contribution in [2.45, 2.75) is 52.5 Å². The van der Waals surface area contributed by atoms with Gasteiger partial charge in [-0.15, -0.1) is 0 Å². The molecule has 1 nitrogen and oxygen atoms in total. The van der Waals surface area contributed by atoms with E-state index < -0.39 is 0 Å². The van der Waals surface area contributed by atoms with Gasteiger partial charge in [-0.1, -0.05) is 27.2 Å². The maximum atomic E-state index is 3.66. The summed E-state index contributed by atoms with van der Waals surface area (Å²) in [6.45, 7) is 8.16. The molecule has 1 N–H and O–H groups in total. The Labute approximate surface area is 76.9 Å². The molecular weight excluding hydrogens is 146 g/mol. The molecule has 2 atom stereocenters. The Bertz CT molecular complexity index is 120. The minimum Gasteiger partial charge on any atom is -0.314 e. The van der Waals surface area contributed by atoms with Crippen LogP contribution in [0.15, 0.2) is 0 Å². The van der Waals surface area contributed by atoms with Gasteiger partial charge >= 0.3 is 0 Å². The second-order valence-corrected chi connectivity index (χ2v) is 4.40. The molecule has 0 aromatic heterocycles. The highest BCUT2D eigenvalue weighted by Crippen LogP contribution is 2.31. The van der Waals surface area contributed by atoms with Gasteiger partial charge in [0.1, 0.15) is 0 Å². The van der Waals surface area contributed by atoms with Gasteiger partial charge in [0.2, 0.25) is 0 Å². The Hall–Kier alpha value is -0.0400. The van der Waals surface area contributed by atoms with Crippen molar-refractivity contribution in [1.29, 1.82) is 0 Å². The first-order chi connectivity index (χ1) is 5.75. The third-order valence-electron chi connectivity index (χ3n) is 3.08. The molecule has 72 valence electrons. The summed E-state index contributed by atoms with van der Waals surface area (Å²) in [5.74, 6) is 1.80. The highest BCUT2D eigenvalue weighted by Gasteiger charge is 2.28. The van der Waals surface area contributed by atoms with Crippen molar-refractivity contribution in [2.75, 3.05) is 6.54 Å². The van der Waals surface area contributed by atoms with E-state index in [0.29, 0.717) is 0 Å². The number of hydrogen-bond acceptors (Lipinski definition) is 1. The molecule has 0 spiro atoms. The molecule has 0 aromatic rings. The fraction of sp³-hybridized carbons (Fsp3) is 1.00. The first-order valence-electron chi connectivity index (χ1n) is 5.49. The zero-order valence-electron chi connectivity index (χ0n) is 8.77. The summed E-state index contributed by atoms with van der Waals surface area (Å²) in [6.07, 6.45) is 5.55. The van der Waals surface area contributed by atoms with Crippen molar-refractivity contribution < 1.29 is 0 Å². The lowest BCUT2D eigenvalue weighted by Crippen LogP contribution is -2.35. The molecular formula is C11H23N. The minimum atomic E-state index is 0.824. The molecule has 0 heterocycles. The van der Waals surface area contributed by atoms with Crippen LogP contribution in [0.5, 0.6) is 0 Å². The van der Waals surface area contributed by atoms with Crippen LogP contribution in [0.4, 0.5) is 0 Å². The lowest BCUT2D eigenvalue weighted by Gasteiger charge is -2.23. The van der Waals surface area contributed by atoms with Crippen molar-refractivity contribution in [3.63, 3.8) is 0 Å². The summed E-state index contributed by atoms with van der Waals surface area (Å²) in [7, 11) is 0. The van der Waals surface area contributed by atoms with Crippen LogP contribution >= 0.6 is 0 Å². The van der Waals surface area contributed by atoms with E-state index in [9.17, 15) is 0 Å². The van der Waals surface area contributed by atoms with E-state index in [0.717, 1.165) is 17.9 Å². The summed E-state index contributed by atoms with van der Waals surface area (Å²) < 4.78 is 0. The Kier molecular flexibility index (Phi) is 4.07. The maximum absolute atomic E-state index is 3.66. The van der Waals surface area contributed by atoms with Gasteiger partial charge in [0.15, 0.2) is 0 Å². The van der Waals surface area contributed by atoms with Crippen molar-refractivity contribution >= 4 is 0 Å². The third kappa shape index (κ3) is 2.48. The van der Waals surface area contributed by atoms with Gasteiger partial charge < -0.3 is 5.32 Å². The van der Waals surface area contributed by atoms with Crippen LogP contribution in [0.2, 0.25) is 0 Å². The zero-order chi connectivity index (χ0) is 8.97. The second-order valence-electron chi connectivity index (χ2n) is 4.40. The van der Waals surface area contributed by atoms with Crippen molar-refractivity contribution in [1.82, 2.24) is 5.32 Å². The van der Waals surface area contributed by atoms with E-state index in [2.05, 4.69) is 26.1 Å². The number of rotatable bonds is 4. The van der Waals surface area contributed by atoms with Crippen LogP contribution in [-0.2, 0) is 0 Å². The predicted octanol–water partition coefficient (Wildman–Crippen LogP) is 2.81. The summed E-state index contributed by atoms with van der Waals surface area (Å²) in [5, 5.41) is 3.66. The van der Waals surface area contributed by atoms with Crippen molar-refractivity contribution in [2.24, 2.45) is 11.8 Å². The summed E-state index contributed by atoms with van der Waals surface area (Å²) >= 11 is 0. The van der Waals surface area contributed by atoms with E-state index in [1.807, 2.05) is 0 Å². The largest absolute Gasteiger partial charge is 0.314 e. The van der Waals surface area contributed by atoms with Crippen LogP contribution in [0, 0.1) is 11.8 Å². The summed E-state index contributed by atoms with van der Waals surface area (Å²) in [6, 6.07) is 0.824. The molecule has 1 heteroatoms. The van der Waals surface area contributed by atoms with Crippen LogP contribution < -0.4 is 5.32 Å². The SMILES string of the molecule is CCCNC1CCC[C@@H]1C(C)C. The zero-order valence-corrected chi connectivity index (χ0v) is 8.77. The lowest BCUT2D eigenvalue weighted by molar-refractivity contribution is 0.314. The Morgan fingerprint density at radius 3 is 2.67 bits per heavy atom. The Morgan fingerprint density at radius 1 is 1.33 bits per heavy atom. The quantitative estimate of drug-likeness (QED) is 0.682. The Morgan fingerprint density at radius 2 is 2.08 bits per heavy atom. The van der Waals surface area contributed by atoms with Crippen molar-refractivity contribution in [3.05, 3.63) is 0 Å². The van der Waals surface area contributed by atoms with Gasteiger partial charge in [-0.3, -0.25) is 0 Å². The lowest BCUT2D eigenvalue weighted by atomic mass is 9.91. The van der Waals surface area contributed by atoms with Gasteiger partial charge in [0, 0.05) is 6.04 Å². The molecule has 1 aliphatic rings. The van der Waals surface area contributed by atoms with Gasteiger partial charge in [0.05, 0.1) is 0 Å². The first kappa shape index (κ1) is 10.0. The molecule has 1 saturated carbocycles. The standard InChI is InChI=1S/C11H23N/c1-4-8-12-11-7-5-6-10(11)9(2)3/h9-12H,4-8H2,1-3H3/t10-,11?/m1/s1. The highest BCUT2D eigenvalue weighted by atomic mass is 14.9. The summed E-state index contributed by atoms with van der Waals surface area (Å²) in [5.41, 5.74) is 0. The van der Waals surface area contributed by atoms with E-state index >= 15 is 0 Å². The van der Waals surface area contributed by atoms with Gasteiger partial charge in [-0.25, -0.2) is 0 Å². The smallest absolute Gasteiger partial charge is 0.00977 e. The molecule has 0 aliphatic heterocycles. The molecule has 0 bridgehead atoms. The first-order valence-corrected chi connectivity index (χ1v) is 5.49. The molecule has 0 saturated heterocycles. The molecule has 1 rings (SSSR count). The highest BCUT2D eigenvalue weighted by molar-refractivity contribution is 4.84. The van der Waals surface area contributed by atoms with Crippen LogP contribution in [-0.4, -0.2) is 12.6 Å². The average Bonchev–Trinajstić information content (AvgIpc) is 2.48. The third-order valence-corrected chi connectivity index (χ3v) is 3.08. The minimum absolute atomic E-state index is 0.824. The maximum Gasteiger partial charge on any atom is 0.00977 e. The molecule has 12 heavy (non-hydrogen) atoms. The molecule has 1 aliphatic carbocycles. The van der Waals surface area contributed by atoms with Crippen LogP contribution in [0.3, 0.4) is 0 Å². The topological polar surface area (TPSA) is 12.0 Å². The van der Waals surface area contributed by atoms with E-state index in [1.165, 1.54) is 32.2 Å². The second kappa shape index (κ2) is 4.86. The van der Waals surface area contributed by atoms with Gasteiger partial charge in [0.25, 0.3) is 0 Å². The van der Waals surface area contributed by atoms with Crippen LogP contribution in [0.1, 0.15) is 46.5 Å². The normalized spacial score (nSPS) is 30.0. The van der Waals surface area contributed by atoms with Gasteiger partial charge in [-0.05, 0) is 37.6 Å². The van der Waals surface area contributed by atoms with E-state index in [1.54, 1.807) is 0 Å². The molecule has 1 unspecified atom stereocenters. The molecule has 0 aromatic carbocycles. The van der Waals surface area contributed by atoms with Crippen molar-refractivity contribution in [3.8, 4) is 0 Å². The number of nitrogens with one attached hydrogen (secondary N) is 1.